The Morgan fingerprint density at radius 1 is 1.07 bits per heavy atom. The van der Waals surface area contributed by atoms with Crippen molar-refractivity contribution < 1.29 is 4.74 Å². The molecule has 72 valence electrons. The normalized spacial score (nSPS) is 10.4. The summed E-state index contributed by atoms with van der Waals surface area (Å²) in [5.74, 6) is 0.992. The Morgan fingerprint density at radius 2 is 1.71 bits per heavy atom. The average molecular weight is 186 g/mol. The summed E-state index contributed by atoms with van der Waals surface area (Å²) >= 11 is 0. The number of hydrogen-bond acceptors (Lipinski definition) is 1. The van der Waals surface area contributed by atoms with Gasteiger partial charge in [0.15, 0.2) is 0 Å². The van der Waals surface area contributed by atoms with E-state index >= 15 is 0 Å². The van der Waals surface area contributed by atoms with E-state index in [0.29, 0.717) is 0 Å². The molecule has 2 aromatic carbocycles. The van der Waals surface area contributed by atoms with E-state index in [4.69, 9.17) is 4.74 Å². The lowest BCUT2D eigenvalue weighted by atomic mass is 10.0. The lowest BCUT2D eigenvalue weighted by molar-refractivity contribution is 0.411. The van der Waals surface area contributed by atoms with Crippen molar-refractivity contribution in [2.45, 2.75) is 13.3 Å². The van der Waals surface area contributed by atoms with Crippen molar-refractivity contribution in [3.8, 4) is 5.75 Å². The molecule has 1 nitrogen and oxygen atoms in total. The molecule has 0 heterocycles. The topological polar surface area (TPSA) is 9.23 Å². The second-order valence-corrected chi connectivity index (χ2v) is 3.36. The molecule has 0 unspecified atom stereocenters. The molecule has 0 spiro atoms. The van der Waals surface area contributed by atoms with Gasteiger partial charge in [0, 0.05) is 0 Å². The van der Waals surface area contributed by atoms with Gasteiger partial charge in [-0.25, -0.2) is 0 Å². The molecule has 0 saturated heterocycles. The van der Waals surface area contributed by atoms with Gasteiger partial charge < -0.3 is 4.74 Å². The second-order valence-electron chi connectivity index (χ2n) is 3.36. The Bertz CT molecular complexity index is 403. The van der Waals surface area contributed by atoms with Gasteiger partial charge in [0.25, 0.3) is 0 Å². The van der Waals surface area contributed by atoms with E-state index in [9.17, 15) is 0 Å². The van der Waals surface area contributed by atoms with Crippen molar-refractivity contribution in [2.24, 2.45) is 0 Å². The van der Waals surface area contributed by atoms with Crippen LogP contribution in [0.15, 0.2) is 36.4 Å². The Balaban J connectivity index is 2.69. The van der Waals surface area contributed by atoms with Crippen LogP contribution in [-0.4, -0.2) is 7.11 Å². The van der Waals surface area contributed by atoms with Gasteiger partial charge in [0.1, 0.15) is 5.75 Å². The van der Waals surface area contributed by atoms with Crippen LogP contribution < -0.4 is 4.74 Å². The molecular formula is C13H14O. The molecule has 2 rings (SSSR count). The first-order valence-corrected chi connectivity index (χ1v) is 4.91. The molecule has 0 fully saturated rings. The van der Waals surface area contributed by atoms with Gasteiger partial charge in [-0.2, -0.15) is 0 Å². The van der Waals surface area contributed by atoms with Crippen molar-refractivity contribution >= 4 is 10.8 Å². The van der Waals surface area contributed by atoms with Gasteiger partial charge in [0.2, 0.25) is 0 Å². The predicted molar refractivity (Wildman–Crippen MR) is 59.9 cm³/mol. The first kappa shape index (κ1) is 9.07. The van der Waals surface area contributed by atoms with Crippen LogP contribution in [0, 0.1) is 0 Å². The van der Waals surface area contributed by atoms with Crippen molar-refractivity contribution in [1.29, 1.82) is 0 Å². The van der Waals surface area contributed by atoms with Crippen LogP contribution in [-0.2, 0) is 6.42 Å². The number of ether oxygens (including phenoxy) is 1. The van der Waals surface area contributed by atoms with E-state index in [-0.39, 0.29) is 0 Å². The zero-order valence-electron chi connectivity index (χ0n) is 8.58. The Labute approximate surface area is 84.3 Å². The largest absolute Gasteiger partial charge is 0.496 e. The second kappa shape index (κ2) is 3.70. The molecule has 0 saturated carbocycles. The van der Waals surface area contributed by atoms with E-state index in [1.54, 1.807) is 7.11 Å². The number of methoxy groups -OCH3 is 1. The minimum atomic E-state index is 0.992. The van der Waals surface area contributed by atoms with Crippen LogP contribution in [0.4, 0.5) is 0 Å². The highest BCUT2D eigenvalue weighted by atomic mass is 16.5. The van der Waals surface area contributed by atoms with Gasteiger partial charge in [-0.15, -0.1) is 0 Å². The van der Waals surface area contributed by atoms with Gasteiger partial charge >= 0.3 is 0 Å². The molecule has 0 aliphatic carbocycles. The Morgan fingerprint density at radius 3 is 2.29 bits per heavy atom. The number of benzene rings is 2. The quantitative estimate of drug-likeness (QED) is 0.698. The molecule has 2 aromatic rings. The minimum absolute atomic E-state index is 0.992. The molecule has 1 heteroatoms. The highest BCUT2D eigenvalue weighted by Gasteiger charge is 2.02. The van der Waals surface area contributed by atoms with Crippen LogP contribution in [0.5, 0.6) is 5.75 Å². The fourth-order valence-electron chi connectivity index (χ4n) is 1.73. The predicted octanol–water partition coefficient (Wildman–Crippen LogP) is 3.41. The number of hydrogen-bond donors (Lipinski definition) is 0. The highest BCUT2D eigenvalue weighted by Crippen LogP contribution is 2.25. The summed E-state index contributed by atoms with van der Waals surface area (Å²) in [7, 11) is 1.73. The highest BCUT2D eigenvalue weighted by molar-refractivity contribution is 5.84. The van der Waals surface area contributed by atoms with Crippen LogP contribution in [0.25, 0.3) is 10.8 Å². The van der Waals surface area contributed by atoms with Gasteiger partial charge in [-0.1, -0.05) is 31.2 Å². The third-order valence-corrected chi connectivity index (χ3v) is 2.53. The van der Waals surface area contributed by atoms with Crippen molar-refractivity contribution in [3.63, 3.8) is 0 Å². The molecule has 0 atom stereocenters. The molecule has 0 aromatic heterocycles. The van der Waals surface area contributed by atoms with E-state index < -0.39 is 0 Å². The standard InChI is InChI=1S/C13H14O/c1-3-10-8-11-6-4-5-7-12(11)9-13(10)14-2/h4-9H,3H2,1-2H3. The third-order valence-electron chi connectivity index (χ3n) is 2.53. The van der Waals surface area contributed by atoms with Crippen LogP contribution >= 0.6 is 0 Å². The van der Waals surface area contributed by atoms with Gasteiger partial charge in [-0.05, 0) is 34.9 Å². The SMILES string of the molecule is CCc1cc2ccccc2cc1OC. The fraction of sp³-hybridized carbons (Fsp3) is 0.231. The third kappa shape index (κ3) is 1.46. The first-order valence-electron chi connectivity index (χ1n) is 4.91. The molecule has 0 amide bonds. The number of rotatable bonds is 2. The minimum Gasteiger partial charge on any atom is -0.496 e. The summed E-state index contributed by atoms with van der Waals surface area (Å²) in [5, 5.41) is 2.52. The molecule has 0 aliphatic rings. The zero-order chi connectivity index (χ0) is 9.97. The molecule has 14 heavy (non-hydrogen) atoms. The Hall–Kier alpha value is -1.50. The molecule has 0 aliphatic heterocycles. The van der Waals surface area contributed by atoms with Crippen LogP contribution in [0.1, 0.15) is 12.5 Å². The molecule has 0 radical (unpaired) electrons. The maximum atomic E-state index is 5.34. The van der Waals surface area contributed by atoms with Crippen molar-refractivity contribution in [2.75, 3.05) is 7.11 Å². The lowest BCUT2D eigenvalue weighted by Gasteiger charge is -2.08. The van der Waals surface area contributed by atoms with E-state index in [1.807, 2.05) is 6.07 Å². The summed E-state index contributed by atoms with van der Waals surface area (Å²) in [6.45, 7) is 2.15. The van der Waals surface area contributed by atoms with Crippen molar-refractivity contribution in [3.05, 3.63) is 42.0 Å². The summed E-state index contributed by atoms with van der Waals surface area (Å²) in [6.07, 6.45) is 1.01. The fourth-order valence-corrected chi connectivity index (χ4v) is 1.73. The zero-order valence-corrected chi connectivity index (χ0v) is 8.58. The monoisotopic (exact) mass is 186 g/mol. The van der Waals surface area contributed by atoms with E-state index in [1.165, 1.54) is 16.3 Å². The lowest BCUT2D eigenvalue weighted by Crippen LogP contribution is -1.90. The smallest absolute Gasteiger partial charge is 0.122 e. The Kier molecular flexibility index (Phi) is 2.40. The number of fused-ring (bicyclic) bond motifs is 1. The maximum Gasteiger partial charge on any atom is 0.122 e. The van der Waals surface area contributed by atoms with Crippen molar-refractivity contribution in [1.82, 2.24) is 0 Å². The van der Waals surface area contributed by atoms with Gasteiger partial charge in [-0.3, -0.25) is 0 Å². The van der Waals surface area contributed by atoms with Crippen LogP contribution in [0.3, 0.4) is 0 Å². The average Bonchev–Trinajstić information content (AvgIpc) is 2.27. The summed E-state index contributed by atoms with van der Waals surface area (Å²) in [6, 6.07) is 12.7. The molecular weight excluding hydrogens is 172 g/mol. The maximum absolute atomic E-state index is 5.34. The van der Waals surface area contributed by atoms with Gasteiger partial charge in [0.05, 0.1) is 7.11 Å². The summed E-state index contributed by atoms with van der Waals surface area (Å²) < 4.78 is 5.34. The number of aryl methyl sites for hydroxylation is 1. The summed E-state index contributed by atoms with van der Waals surface area (Å²) in [5.41, 5.74) is 1.27. The van der Waals surface area contributed by atoms with E-state index in [2.05, 4.69) is 37.3 Å². The van der Waals surface area contributed by atoms with Crippen LogP contribution in [0.2, 0.25) is 0 Å². The molecule has 0 bridgehead atoms. The van der Waals surface area contributed by atoms with E-state index in [0.717, 1.165) is 12.2 Å². The first-order chi connectivity index (χ1) is 6.85. The summed E-state index contributed by atoms with van der Waals surface area (Å²) in [4.78, 5) is 0. The molecule has 0 N–H and O–H groups in total.